The molecule has 0 bridgehead atoms. The fourth-order valence-electron chi connectivity index (χ4n) is 3.27. The van der Waals surface area contributed by atoms with Gasteiger partial charge in [-0.25, -0.2) is 9.37 Å². The Morgan fingerprint density at radius 2 is 2.13 bits per heavy atom. The summed E-state index contributed by atoms with van der Waals surface area (Å²) in [6.45, 7) is 1.90. The van der Waals surface area contributed by atoms with Crippen LogP contribution in [-0.2, 0) is 9.59 Å². The van der Waals surface area contributed by atoms with Crippen LogP contribution in [0.5, 0.6) is 11.5 Å². The van der Waals surface area contributed by atoms with Gasteiger partial charge in [-0.05, 0) is 37.3 Å². The van der Waals surface area contributed by atoms with Crippen LogP contribution in [-0.4, -0.2) is 36.6 Å². The molecule has 0 saturated carbocycles. The quantitative estimate of drug-likeness (QED) is 0.623. The summed E-state index contributed by atoms with van der Waals surface area (Å²) < 4.78 is 24.5. The van der Waals surface area contributed by atoms with Crippen LogP contribution < -0.4 is 19.7 Å². The molecular formula is C22H20FN3O4S. The first-order valence-corrected chi connectivity index (χ1v) is 10.5. The summed E-state index contributed by atoms with van der Waals surface area (Å²) in [4.78, 5) is 30.9. The molecule has 1 atom stereocenters. The third-order valence-corrected chi connectivity index (χ3v) is 5.59. The Balaban J connectivity index is 1.40. The molecule has 0 aliphatic carbocycles. The van der Waals surface area contributed by atoms with Crippen LogP contribution in [0.2, 0.25) is 0 Å². The first-order valence-electron chi connectivity index (χ1n) is 9.62. The second kappa shape index (κ2) is 8.73. The maximum absolute atomic E-state index is 13.9. The highest BCUT2D eigenvalue weighted by atomic mass is 32.1. The average molecular weight is 441 g/mol. The van der Waals surface area contributed by atoms with E-state index in [0.29, 0.717) is 27.8 Å². The third kappa shape index (κ3) is 4.36. The molecule has 1 aliphatic heterocycles. The lowest BCUT2D eigenvalue weighted by Crippen LogP contribution is -2.45. The maximum Gasteiger partial charge on any atom is 0.267 e. The molecule has 3 aromatic rings. The highest BCUT2D eigenvalue weighted by Gasteiger charge is 2.31. The van der Waals surface area contributed by atoms with Crippen molar-refractivity contribution >= 4 is 34.0 Å². The number of rotatable bonds is 6. The van der Waals surface area contributed by atoms with E-state index in [-0.39, 0.29) is 30.5 Å². The number of methoxy groups -OCH3 is 1. The molecule has 1 N–H and O–H groups in total. The molecule has 2 aromatic carbocycles. The van der Waals surface area contributed by atoms with Gasteiger partial charge in [-0.1, -0.05) is 12.1 Å². The molecule has 0 radical (unpaired) electrons. The number of carbonyl (C=O) groups excluding carboxylic acids is 2. The lowest BCUT2D eigenvalue weighted by atomic mass is 10.1. The van der Waals surface area contributed by atoms with E-state index in [2.05, 4.69) is 10.3 Å². The summed E-state index contributed by atoms with van der Waals surface area (Å²) in [7, 11) is 1.40. The number of amides is 2. The lowest BCUT2D eigenvalue weighted by Gasteiger charge is -2.32. The minimum absolute atomic E-state index is 0.0961. The van der Waals surface area contributed by atoms with Crippen LogP contribution in [0.1, 0.15) is 13.3 Å². The van der Waals surface area contributed by atoms with Gasteiger partial charge in [0.1, 0.15) is 5.75 Å². The normalized spacial score (nSPS) is 15.3. The number of halogens is 1. The zero-order valence-corrected chi connectivity index (χ0v) is 17.7. The van der Waals surface area contributed by atoms with Crippen molar-refractivity contribution in [3.8, 4) is 22.8 Å². The SMILES string of the molecule is COc1ccc(-c2csc(NC(=O)CCN3C(=O)C(C)Oc4ccccc43)n2)cc1F. The topological polar surface area (TPSA) is 80.8 Å². The molecule has 1 aliphatic rings. The predicted octanol–water partition coefficient (Wildman–Crippen LogP) is 4.10. The monoisotopic (exact) mass is 441 g/mol. The van der Waals surface area contributed by atoms with Crippen molar-refractivity contribution in [1.29, 1.82) is 0 Å². The molecule has 0 spiro atoms. The molecule has 2 heterocycles. The Hall–Kier alpha value is -3.46. The number of carbonyl (C=O) groups is 2. The minimum atomic E-state index is -0.607. The van der Waals surface area contributed by atoms with Crippen molar-refractivity contribution in [2.45, 2.75) is 19.4 Å². The van der Waals surface area contributed by atoms with E-state index < -0.39 is 11.9 Å². The number of nitrogens with zero attached hydrogens (tertiary/aromatic N) is 2. The van der Waals surface area contributed by atoms with Crippen LogP contribution in [0.25, 0.3) is 11.3 Å². The number of fused-ring (bicyclic) bond motifs is 1. The van der Waals surface area contributed by atoms with Gasteiger partial charge >= 0.3 is 0 Å². The number of hydrogen-bond donors (Lipinski definition) is 1. The van der Waals surface area contributed by atoms with Gasteiger partial charge in [-0.3, -0.25) is 9.59 Å². The van der Waals surface area contributed by atoms with Crippen molar-refractivity contribution in [1.82, 2.24) is 4.98 Å². The van der Waals surface area contributed by atoms with Crippen LogP contribution in [0.3, 0.4) is 0 Å². The van der Waals surface area contributed by atoms with Gasteiger partial charge in [-0.2, -0.15) is 0 Å². The fraction of sp³-hybridized carbons (Fsp3) is 0.227. The molecule has 1 unspecified atom stereocenters. The zero-order chi connectivity index (χ0) is 22.0. The molecule has 31 heavy (non-hydrogen) atoms. The number of thiazole rings is 1. The third-order valence-electron chi connectivity index (χ3n) is 4.83. The number of benzene rings is 2. The Morgan fingerprint density at radius 3 is 2.90 bits per heavy atom. The van der Waals surface area contributed by atoms with Crippen molar-refractivity contribution in [2.75, 3.05) is 23.9 Å². The molecule has 9 heteroatoms. The number of anilines is 2. The van der Waals surface area contributed by atoms with Crippen molar-refractivity contribution in [3.63, 3.8) is 0 Å². The van der Waals surface area contributed by atoms with Gasteiger partial charge in [0.15, 0.2) is 22.8 Å². The Morgan fingerprint density at radius 1 is 1.32 bits per heavy atom. The Kier molecular flexibility index (Phi) is 5.85. The minimum Gasteiger partial charge on any atom is -0.494 e. The first kappa shape index (κ1) is 20.8. The second-order valence-corrected chi connectivity index (χ2v) is 7.76. The number of aromatic nitrogens is 1. The summed E-state index contributed by atoms with van der Waals surface area (Å²) in [6, 6.07) is 11.8. The molecule has 1 aromatic heterocycles. The smallest absolute Gasteiger partial charge is 0.267 e. The lowest BCUT2D eigenvalue weighted by molar-refractivity contribution is -0.125. The zero-order valence-electron chi connectivity index (χ0n) is 16.9. The van der Waals surface area contributed by atoms with Gasteiger partial charge in [0.25, 0.3) is 5.91 Å². The average Bonchev–Trinajstić information content (AvgIpc) is 3.22. The number of hydrogen-bond acceptors (Lipinski definition) is 6. The predicted molar refractivity (Wildman–Crippen MR) is 116 cm³/mol. The van der Waals surface area contributed by atoms with Gasteiger partial charge in [0.05, 0.1) is 18.5 Å². The summed E-state index contributed by atoms with van der Waals surface area (Å²) in [5, 5.41) is 4.88. The van der Waals surface area contributed by atoms with Gasteiger partial charge in [0, 0.05) is 23.9 Å². The highest BCUT2D eigenvalue weighted by molar-refractivity contribution is 7.14. The van der Waals surface area contributed by atoms with Crippen LogP contribution in [0.4, 0.5) is 15.2 Å². The van der Waals surface area contributed by atoms with E-state index in [0.717, 1.165) is 0 Å². The summed E-state index contributed by atoms with van der Waals surface area (Å²) in [6.07, 6.45) is -0.511. The van der Waals surface area contributed by atoms with E-state index in [1.165, 1.54) is 30.6 Å². The highest BCUT2D eigenvalue weighted by Crippen LogP contribution is 2.34. The van der Waals surface area contributed by atoms with Crippen LogP contribution in [0, 0.1) is 5.82 Å². The number of nitrogens with one attached hydrogen (secondary N) is 1. The van der Waals surface area contributed by atoms with Crippen molar-refractivity contribution in [3.05, 3.63) is 53.7 Å². The maximum atomic E-state index is 13.9. The summed E-state index contributed by atoms with van der Waals surface area (Å²) in [5.74, 6) is -0.175. The standard InChI is InChI=1S/C22H20FN3O4S/c1-13-21(28)26(17-5-3-4-6-19(17)30-13)10-9-20(27)25-22-24-16(12-31-22)14-7-8-18(29-2)15(23)11-14/h3-8,11-13H,9-10H2,1-2H3,(H,24,25,27). The molecule has 4 rings (SSSR count). The Bertz CT molecular complexity index is 1130. The molecule has 0 saturated heterocycles. The number of para-hydroxylation sites is 2. The first-order chi connectivity index (χ1) is 15.0. The largest absolute Gasteiger partial charge is 0.494 e. The second-order valence-electron chi connectivity index (χ2n) is 6.90. The summed E-state index contributed by atoms with van der Waals surface area (Å²) in [5.41, 5.74) is 1.78. The molecule has 0 fully saturated rings. The van der Waals surface area contributed by atoms with Gasteiger partial charge < -0.3 is 19.7 Å². The van der Waals surface area contributed by atoms with Gasteiger partial charge in [-0.15, -0.1) is 11.3 Å². The Labute approximate surface area is 182 Å². The van der Waals surface area contributed by atoms with Crippen molar-refractivity contribution < 1.29 is 23.5 Å². The van der Waals surface area contributed by atoms with Gasteiger partial charge in [0.2, 0.25) is 5.91 Å². The van der Waals surface area contributed by atoms with Crippen LogP contribution >= 0.6 is 11.3 Å². The molecular weight excluding hydrogens is 421 g/mol. The van der Waals surface area contributed by atoms with E-state index in [1.54, 1.807) is 35.4 Å². The summed E-state index contributed by atoms with van der Waals surface area (Å²) >= 11 is 1.24. The molecule has 2 amide bonds. The van der Waals surface area contributed by atoms with E-state index in [1.807, 2.05) is 12.1 Å². The van der Waals surface area contributed by atoms with E-state index >= 15 is 0 Å². The fourth-order valence-corrected chi connectivity index (χ4v) is 4.01. The number of ether oxygens (including phenoxy) is 2. The van der Waals surface area contributed by atoms with Crippen LogP contribution in [0.15, 0.2) is 47.8 Å². The molecule has 7 nitrogen and oxygen atoms in total. The molecule has 160 valence electrons. The van der Waals surface area contributed by atoms with E-state index in [9.17, 15) is 14.0 Å². The van der Waals surface area contributed by atoms with Crippen molar-refractivity contribution in [2.24, 2.45) is 0 Å². The van der Waals surface area contributed by atoms with E-state index in [4.69, 9.17) is 9.47 Å².